The van der Waals surface area contributed by atoms with Gasteiger partial charge in [0.25, 0.3) is 0 Å². The van der Waals surface area contributed by atoms with Gasteiger partial charge in [-0.3, -0.25) is 0 Å². The molecule has 0 radical (unpaired) electrons. The average Bonchev–Trinajstić information content (AvgIpc) is 3.00. The van der Waals surface area contributed by atoms with Crippen molar-refractivity contribution in [3.8, 4) is 0 Å². The first-order valence-corrected chi connectivity index (χ1v) is 12.2. The third kappa shape index (κ3) is 5.19. The highest BCUT2D eigenvalue weighted by molar-refractivity contribution is 5.41. The Kier molecular flexibility index (Phi) is 7.19. The molecule has 0 aromatic carbocycles. The van der Waals surface area contributed by atoms with Crippen LogP contribution in [0.1, 0.15) is 91.9 Å². The van der Waals surface area contributed by atoms with Crippen molar-refractivity contribution < 1.29 is 10.2 Å². The van der Waals surface area contributed by atoms with Gasteiger partial charge in [0.15, 0.2) is 0 Å². The fourth-order valence-corrected chi connectivity index (χ4v) is 6.67. The molecule has 0 aromatic heterocycles. The Bertz CT molecular complexity index is 719. The lowest BCUT2D eigenvalue weighted by Gasteiger charge is -2.44. The normalized spacial score (nSPS) is 36.4. The summed E-state index contributed by atoms with van der Waals surface area (Å²) in [6, 6.07) is 0. The maximum atomic E-state index is 10.2. The summed E-state index contributed by atoms with van der Waals surface area (Å²) in [7, 11) is 0. The molecular weight excluding hydrogens is 368 g/mol. The molecule has 2 nitrogen and oxygen atoms in total. The Hall–Kier alpha value is -1.12. The maximum Gasteiger partial charge on any atom is 0.0791 e. The Morgan fingerprint density at radius 1 is 1.23 bits per heavy atom. The second-order valence-corrected chi connectivity index (χ2v) is 11.4. The van der Waals surface area contributed by atoms with Gasteiger partial charge in [-0.25, -0.2) is 0 Å². The summed E-state index contributed by atoms with van der Waals surface area (Å²) in [4.78, 5) is 0. The third-order valence-electron chi connectivity index (χ3n) is 8.45. The predicted octanol–water partition coefficient (Wildman–Crippen LogP) is 6.90. The number of allylic oxidation sites excluding steroid dienone is 4. The lowest BCUT2D eigenvalue weighted by atomic mass is 9.60. The van der Waals surface area contributed by atoms with E-state index in [1.807, 2.05) is 13.8 Å². The number of aliphatic hydroxyl groups excluding tert-OH is 1. The van der Waals surface area contributed by atoms with Gasteiger partial charge >= 0.3 is 0 Å². The zero-order valence-corrected chi connectivity index (χ0v) is 19.8. The van der Waals surface area contributed by atoms with Gasteiger partial charge < -0.3 is 10.2 Å². The topological polar surface area (TPSA) is 40.5 Å². The van der Waals surface area contributed by atoms with Crippen molar-refractivity contribution in [1.29, 1.82) is 0 Å². The Morgan fingerprint density at radius 3 is 2.67 bits per heavy atom. The zero-order chi connectivity index (χ0) is 22.1. The van der Waals surface area contributed by atoms with Gasteiger partial charge in [0, 0.05) is 6.42 Å². The van der Waals surface area contributed by atoms with Crippen LogP contribution in [0.4, 0.5) is 0 Å². The lowest BCUT2D eigenvalue weighted by Crippen LogP contribution is -2.36. The minimum absolute atomic E-state index is 0.411. The molecule has 5 atom stereocenters. The van der Waals surface area contributed by atoms with Crippen LogP contribution in [0.15, 0.2) is 47.6 Å². The molecule has 0 spiro atoms. The average molecular weight is 413 g/mol. The Balaban J connectivity index is 1.69. The van der Waals surface area contributed by atoms with E-state index in [4.69, 9.17) is 0 Å². The Labute approximate surface area is 184 Å². The third-order valence-corrected chi connectivity index (χ3v) is 8.45. The van der Waals surface area contributed by atoms with E-state index in [9.17, 15) is 10.2 Å². The minimum atomic E-state index is -0.543. The van der Waals surface area contributed by atoms with Crippen LogP contribution in [0.25, 0.3) is 0 Å². The fourth-order valence-electron chi connectivity index (χ4n) is 6.67. The zero-order valence-electron chi connectivity index (χ0n) is 19.8. The van der Waals surface area contributed by atoms with E-state index in [2.05, 4.69) is 39.2 Å². The summed E-state index contributed by atoms with van der Waals surface area (Å²) in [5, 5.41) is 20.2. The van der Waals surface area contributed by atoms with Gasteiger partial charge in [-0.1, -0.05) is 57.6 Å². The minimum Gasteiger partial charge on any atom is -0.390 e. The van der Waals surface area contributed by atoms with Crippen molar-refractivity contribution in [3.05, 3.63) is 47.6 Å². The lowest BCUT2D eigenvalue weighted by molar-refractivity contribution is 0.0596. The van der Waals surface area contributed by atoms with E-state index in [0.717, 1.165) is 42.2 Å². The number of aliphatic hydroxyl groups is 2. The molecule has 0 heterocycles. The number of rotatable bonds is 6. The smallest absolute Gasteiger partial charge is 0.0791 e. The van der Waals surface area contributed by atoms with Crippen molar-refractivity contribution in [2.24, 2.45) is 23.2 Å². The number of hydrogen-bond donors (Lipinski definition) is 2. The highest BCUT2D eigenvalue weighted by Gasteiger charge is 2.50. The van der Waals surface area contributed by atoms with Crippen molar-refractivity contribution in [2.45, 2.75) is 104 Å². The quantitative estimate of drug-likeness (QED) is 0.466. The molecule has 3 saturated carbocycles. The van der Waals surface area contributed by atoms with Crippen molar-refractivity contribution in [1.82, 2.24) is 0 Å². The maximum absolute atomic E-state index is 10.2. The van der Waals surface area contributed by atoms with Crippen molar-refractivity contribution in [3.63, 3.8) is 0 Å². The van der Waals surface area contributed by atoms with Gasteiger partial charge in [-0.2, -0.15) is 0 Å². The molecule has 168 valence electrons. The highest BCUT2D eigenvalue weighted by atomic mass is 16.3. The summed E-state index contributed by atoms with van der Waals surface area (Å²) in [5.41, 5.74) is 4.70. The molecule has 30 heavy (non-hydrogen) atoms. The van der Waals surface area contributed by atoms with Crippen LogP contribution in [-0.4, -0.2) is 21.9 Å². The largest absolute Gasteiger partial charge is 0.390 e. The SMILES string of the molecule is C=C1CC(=C)[C@H](O)C/C1=C/C=C1\CCC[C@]2(C)[C@@H]([C@H](C)CCCC(C)(C)O)CC[C@@H]12. The van der Waals surface area contributed by atoms with Gasteiger partial charge in [0.2, 0.25) is 0 Å². The van der Waals surface area contributed by atoms with Crippen molar-refractivity contribution in [2.75, 3.05) is 0 Å². The fraction of sp³-hybridized carbons (Fsp3) is 0.714. The van der Waals surface area contributed by atoms with E-state index < -0.39 is 11.7 Å². The van der Waals surface area contributed by atoms with Crippen LogP contribution in [-0.2, 0) is 0 Å². The van der Waals surface area contributed by atoms with Gasteiger partial charge in [0.1, 0.15) is 0 Å². The van der Waals surface area contributed by atoms with E-state index in [1.54, 1.807) is 5.57 Å². The van der Waals surface area contributed by atoms with Crippen LogP contribution >= 0.6 is 0 Å². The molecule has 0 bridgehead atoms. The van der Waals surface area contributed by atoms with Gasteiger partial charge in [-0.05, 0) is 98.7 Å². The van der Waals surface area contributed by atoms with E-state index in [-0.39, 0.29) is 0 Å². The molecule has 3 aliphatic carbocycles. The molecule has 2 heteroatoms. The predicted molar refractivity (Wildman–Crippen MR) is 127 cm³/mol. The van der Waals surface area contributed by atoms with E-state index >= 15 is 0 Å². The van der Waals surface area contributed by atoms with Gasteiger partial charge in [-0.15, -0.1) is 0 Å². The first-order chi connectivity index (χ1) is 14.0. The molecule has 0 amide bonds. The molecule has 3 rings (SSSR count). The summed E-state index contributed by atoms with van der Waals surface area (Å²) in [6.07, 6.45) is 15.3. The van der Waals surface area contributed by atoms with Crippen molar-refractivity contribution >= 4 is 0 Å². The molecule has 3 fully saturated rings. The second kappa shape index (κ2) is 9.17. The van der Waals surface area contributed by atoms with Crippen LogP contribution < -0.4 is 0 Å². The van der Waals surface area contributed by atoms with E-state index in [1.165, 1.54) is 44.1 Å². The highest BCUT2D eigenvalue weighted by Crippen LogP contribution is 2.60. The monoisotopic (exact) mass is 412 g/mol. The first kappa shape index (κ1) is 23.5. The van der Waals surface area contributed by atoms with Crippen LogP contribution in [0.2, 0.25) is 0 Å². The molecule has 0 aliphatic heterocycles. The Morgan fingerprint density at radius 2 is 1.97 bits per heavy atom. The molecule has 0 saturated heterocycles. The van der Waals surface area contributed by atoms with Crippen LogP contribution in [0.5, 0.6) is 0 Å². The standard InChI is InChI=1S/C28H44O2/c1-19(9-7-15-27(4,5)30)24-13-14-25-22(10-8-16-28(24,25)6)11-12-23-18-26(29)21(3)17-20(23)2/h11-12,19,24-26,29-30H,2-3,7-10,13-18H2,1,4-6H3/b22-11+,23-12-/t19-,24-,25+,26-,28-/m1/s1. The summed E-state index contributed by atoms with van der Waals surface area (Å²) in [5.74, 6) is 2.20. The van der Waals surface area contributed by atoms with Gasteiger partial charge in [0.05, 0.1) is 11.7 Å². The number of hydrogen-bond acceptors (Lipinski definition) is 2. The van der Waals surface area contributed by atoms with Crippen LogP contribution in [0.3, 0.4) is 0 Å². The summed E-state index contributed by atoms with van der Waals surface area (Å²) in [6.45, 7) is 17.0. The molecule has 0 aromatic rings. The molecular formula is C28H44O2. The number of fused-ring (bicyclic) bond motifs is 1. The van der Waals surface area contributed by atoms with E-state index in [0.29, 0.717) is 17.8 Å². The molecule has 0 unspecified atom stereocenters. The first-order valence-electron chi connectivity index (χ1n) is 12.2. The summed E-state index contributed by atoms with van der Waals surface area (Å²) < 4.78 is 0. The van der Waals surface area contributed by atoms with Crippen LogP contribution in [0, 0.1) is 23.2 Å². The molecule has 3 aliphatic rings. The second-order valence-electron chi connectivity index (χ2n) is 11.4. The summed E-state index contributed by atoms with van der Waals surface area (Å²) >= 11 is 0. The molecule has 2 N–H and O–H groups in total.